The summed E-state index contributed by atoms with van der Waals surface area (Å²) >= 11 is 0. The van der Waals surface area contributed by atoms with Crippen molar-refractivity contribution < 1.29 is 0 Å². The van der Waals surface area contributed by atoms with E-state index in [-0.39, 0.29) is 0 Å². The van der Waals surface area contributed by atoms with Crippen LogP contribution in [0.1, 0.15) is 107 Å². The summed E-state index contributed by atoms with van der Waals surface area (Å²) in [6, 6.07) is 0. The van der Waals surface area contributed by atoms with Crippen molar-refractivity contribution in [3.05, 3.63) is 0 Å². The second-order valence-electron chi connectivity index (χ2n) is 10.4. The standard InChI is InChI=1S/C25H50/c1-10-18(5)20(7)12-13-23-16-24(15-21(23)8)22(9)25(14-17(3)4)19(6)11-2/h17-25H,10-16H2,1-9H3. The van der Waals surface area contributed by atoms with Crippen LogP contribution in [-0.2, 0) is 0 Å². The topological polar surface area (TPSA) is 0 Å². The Bertz CT molecular complexity index is 344. The Morgan fingerprint density at radius 1 is 0.800 bits per heavy atom. The molecule has 0 amide bonds. The van der Waals surface area contributed by atoms with Gasteiger partial charge in [-0.2, -0.15) is 0 Å². The van der Waals surface area contributed by atoms with Gasteiger partial charge >= 0.3 is 0 Å². The molecule has 1 aliphatic rings. The molecule has 1 rings (SSSR count). The van der Waals surface area contributed by atoms with E-state index >= 15 is 0 Å². The molecule has 0 aromatic carbocycles. The third-order valence-corrected chi connectivity index (χ3v) is 8.23. The lowest BCUT2D eigenvalue weighted by molar-refractivity contribution is 0.152. The van der Waals surface area contributed by atoms with Crippen LogP contribution in [0.5, 0.6) is 0 Å². The first-order valence-electron chi connectivity index (χ1n) is 11.7. The number of rotatable bonds is 11. The molecular weight excluding hydrogens is 300 g/mol. The second kappa shape index (κ2) is 11.0. The summed E-state index contributed by atoms with van der Waals surface area (Å²) in [6.45, 7) is 22.1. The Labute approximate surface area is 160 Å². The van der Waals surface area contributed by atoms with Crippen molar-refractivity contribution in [1.82, 2.24) is 0 Å². The zero-order chi connectivity index (χ0) is 19.1. The minimum atomic E-state index is 0.840. The Kier molecular flexibility index (Phi) is 10.1. The van der Waals surface area contributed by atoms with Crippen LogP contribution in [0.25, 0.3) is 0 Å². The van der Waals surface area contributed by atoms with Crippen molar-refractivity contribution in [2.75, 3.05) is 0 Å². The summed E-state index contributed by atoms with van der Waals surface area (Å²) < 4.78 is 0. The van der Waals surface area contributed by atoms with Gasteiger partial charge in [0.25, 0.3) is 0 Å². The van der Waals surface area contributed by atoms with Gasteiger partial charge in [-0.05, 0) is 78.9 Å². The summed E-state index contributed by atoms with van der Waals surface area (Å²) in [4.78, 5) is 0. The van der Waals surface area contributed by atoms with Gasteiger partial charge in [0.15, 0.2) is 0 Å². The predicted octanol–water partition coefficient (Wildman–Crippen LogP) is 8.46. The largest absolute Gasteiger partial charge is 0.0651 e. The second-order valence-corrected chi connectivity index (χ2v) is 10.4. The zero-order valence-electron chi connectivity index (χ0n) is 19.1. The maximum absolute atomic E-state index is 2.60. The van der Waals surface area contributed by atoms with Crippen LogP contribution in [0.3, 0.4) is 0 Å². The third-order valence-electron chi connectivity index (χ3n) is 8.23. The van der Waals surface area contributed by atoms with Gasteiger partial charge in [0.1, 0.15) is 0 Å². The minimum Gasteiger partial charge on any atom is -0.0651 e. The van der Waals surface area contributed by atoms with E-state index in [1.807, 2.05) is 0 Å². The lowest BCUT2D eigenvalue weighted by Gasteiger charge is -2.34. The van der Waals surface area contributed by atoms with Gasteiger partial charge in [-0.3, -0.25) is 0 Å². The van der Waals surface area contributed by atoms with Crippen LogP contribution in [0.4, 0.5) is 0 Å². The highest BCUT2D eigenvalue weighted by Crippen LogP contribution is 2.47. The lowest BCUT2D eigenvalue weighted by Crippen LogP contribution is -2.26. The lowest BCUT2D eigenvalue weighted by atomic mass is 9.71. The summed E-state index contributed by atoms with van der Waals surface area (Å²) in [6.07, 6.45) is 10.1. The van der Waals surface area contributed by atoms with Gasteiger partial charge in [-0.25, -0.2) is 0 Å². The van der Waals surface area contributed by atoms with Crippen LogP contribution in [0.2, 0.25) is 0 Å². The molecule has 0 aromatic heterocycles. The van der Waals surface area contributed by atoms with Crippen LogP contribution in [-0.4, -0.2) is 0 Å². The highest BCUT2D eigenvalue weighted by Gasteiger charge is 2.37. The minimum absolute atomic E-state index is 0.840. The van der Waals surface area contributed by atoms with Crippen LogP contribution in [0, 0.1) is 53.3 Å². The van der Waals surface area contributed by atoms with Crippen LogP contribution < -0.4 is 0 Å². The molecule has 8 atom stereocenters. The molecule has 0 saturated heterocycles. The summed E-state index contributed by atoms with van der Waals surface area (Å²) in [5.41, 5.74) is 0. The van der Waals surface area contributed by atoms with Crippen molar-refractivity contribution in [1.29, 1.82) is 0 Å². The van der Waals surface area contributed by atoms with E-state index in [9.17, 15) is 0 Å². The molecular formula is C25H50. The smallest absolute Gasteiger partial charge is 0.0358 e. The molecule has 8 unspecified atom stereocenters. The fraction of sp³-hybridized carbons (Fsp3) is 1.00. The maximum atomic E-state index is 2.60. The Morgan fingerprint density at radius 3 is 1.92 bits per heavy atom. The zero-order valence-corrected chi connectivity index (χ0v) is 19.1. The molecule has 1 aliphatic carbocycles. The molecule has 0 nitrogen and oxygen atoms in total. The van der Waals surface area contributed by atoms with Crippen LogP contribution in [0.15, 0.2) is 0 Å². The molecule has 0 heterocycles. The third kappa shape index (κ3) is 6.91. The van der Waals surface area contributed by atoms with Gasteiger partial charge in [0, 0.05) is 0 Å². The Balaban J connectivity index is 2.62. The summed E-state index contributed by atoms with van der Waals surface area (Å²) in [5, 5.41) is 0. The first kappa shape index (κ1) is 23.0. The van der Waals surface area contributed by atoms with Crippen LogP contribution >= 0.6 is 0 Å². The highest BCUT2D eigenvalue weighted by atomic mass is 14.4. The van der Waals surface area contributed by atoms with Gasteiger partial charge in [-0.1, -0.05) is 81.6 Å². The Hall–Kier alpha value is 0. The van der Waals surface area contributed by atoms with E-state index < -0.39 is 0 Å². The normalized spacial score (nSPS) is 30.2. The summed E-state index contributed by atoms with van der Waals surface area (Å²) in [7, 11) is 0. The molecule has 0 aromatic rings. The predicted molar refractivity (Wildman–Crippen MR) is 115 cm³/mol. The average Bonchev–Trinajstić information content (AvgIpc) is 2.96. The van der Waals surface area contributed by atoms with E-state index in [0.29, 0.717) is 0 Å². The molecule has 0 heteroatoms. The molecule has 1 saturated carbocycles. The van der Waals surface area contributed by atoms with E-state index in [2.05, 4.69) is 62.3 Å². The van der Waals surface area contributed by atoms with E-state index in [4.69, 9.17) is 0 Å². The molecule has 0 bridgehead atoms. The van der Waals surface area contributed by atoms with Crippen molar-refractivity contribution in [2.45, 2.75) is 107 Å². The van der Waals surface area contributed by atoms with E-state index in [1.165, 1.54) is 44.9 Å². The molecule has 1 fully saturated rings. The number of hydrogen-bond acceptors (Lipinski definition) is 0. The molecule has 0 spiro atoms. The fourth-order valence-electron chi connectivity index (χ4n) is 5.54. The fourth-order valence-corrected chi connectivity index (χ4v) is 5.54. The molecule has 150 valence electrons. The number of hydrogen-bond donors (Lipinski definition) is 0. The van der Waals surface area contributed by atoms with Crippen molar-refractivity contribution in [3.63, 3.8) is 0 Å². The van der Waals surface area contributed by atoms with Gasteiger partial charge < -0.3 is 0 Å². The monoisotopic (exact) mass is 350 g/mol. The van der Waals surface area contributed by atoms with Gasteiger partial charge in [-0.15, -0.1) is 0 Å². The Morgan fingerprint density at radius 2 is 1.40 bits per heavy atom. The molecule has 0 radical (unpaired) electrons. The molecule has 0 aliphatic heterocycles. The van der Waals surface area contributed by atoms with Crippen molar-refractivity contribution >= 4 is 0 Å². The van der Waals surface area contributed by atoms with Crippen molar-refractivity contribution in [2.24, 2.45) is 53.3 Å². The van der Waals surface area contributed by atoms with Gasteiger partial charge in [0.2, 0.25) is 0 Å². The SMILES string of the molecule is CCC(C)C(C)CCC1CC(C(C)C(CC(C)C)C(C)CC)CC1C. The molecule has 0 N–H and O–H groups in total. The van der Waals surface area contributed by atoms with E-state index in [1.54, 1.807) is 0 Å². The first-order chi connectivity index (χ1) is 11.7. The molecule has 25 heavy (non-hydrogen) atoms. The van der Waals surface area contributed by atoms with Gasteiger partial charge in [0.05, 0.1) is 0 Å². The maximum Gasteiger partial charge on any atom is -0.0358 e. The summed E-state index contributed by atoms with van der Waals surface area (Å²) in [5.74, 6) is 8.30. The highest BCUT2D eigenvalue weighted by molar-refractivity contribution is 4.87. The van der Waals surface area contributed by atoms with E-state index in [0.717, 1.165) is 53.3 Å². The van der Waals surface area contributed by atoms with Crippen molar-refractivity contribution in [3.8, 4) is 0 Å². The average molecular weight is 351 g/mol. The quantitative estimate of drug-likeness (QED) is 0.350. The first-order valence-corrected chi connectivity index (χ1v) is 11.7.